The number of pyridine rings is 1. The first-order valence-corrected chi connectivity index (χ1v) is 7.24. The van der Waals surface area contributed by atoms with Crippen molar-refractivity contribution in [1.29, 1.82) is 0 Å². The van der Waals surface area contributed by atoms with Crippen molar-refractivity contribution in [3.05, 3.63) is 30.1 Å². The fourth-order valence-electron chi connectivity index (χ4n) is 2.79. The van der Waals surface area contributed by atoms with Crippen molar-refractivity contribution < 1.29 is 0 Å². The highest BCUT2D eigenvalue weighted by Crippen LogP contribution is 2.07. The van der Waals surface area contributed by atoms with Gasteiger partial charge in [0.2, 0.25) is 0 Å². The van der Waals surface area contributed by atoms with E-state index in [0.717, 1.165) is 26.2 Å². The van der Waals surface area contributed by atoms with E-state index in [-0.39, 0.29) is 0 Å². The molecule has 19 heavy (non-hydrogen) atoms. The van der Waals surface area contributed by atoms with Crippen LogP contribution in [0.15, 0.2) is 24.5 Å². The van der Waals surface area contributed by atoms with Crippen molar-refractivity contribution in [3.63, 3.8) is 0 Å². The van der Waals surface area contributed by atoms with Crippen LogP contribution in [0.1, 0.15) is 12.5 Å². The number of nitrogens with zero attached hydrogens (tertiary/aromatic N) is 3. The summed E-state index contributed by atoms with van der Waals surface area (Å²) in [5.41, 5.74) is 1.34. The van der Waals surface area contributed by atoms with E-state index in [1.807, 2.05) is 12.4 Å². The zero-order valence-electron chi connectivity index (χ0n) is 12.2. The Balaban J connectivity index is 1.70. The second-order valence-electron chi connectivity index (χ2n) is 5.71. The molecule has 1 aliphatic heterocycles. The smallest absolute Gasteiger partial charge is 0.0271 e. The highest BCUT2D eigenvalue weighted by atomic mass is 15.2. The largest absolute Gasteiger partial charge is 0.314 e. The summed E-state index contributed by atoms with van der Waals surface area (Å²) in [5, 5.41) is 3.40. The minimum absolute atomic E-state index is 0.713. The van der Waals surface area contributed by atoms with Crippen LogP contribution in [0, 0.1) is 5.92 Å². The van der Waals surface area contributed by atoms with E-state index in [1.165, 1.54) is 25.2 Å². The molecule has 1 atom stereocenters. The molecule has 4 nitrogen and oxygen atoms in total. The third kappa shape index (κ3) is 5.27. The fraction of sp³-hybridized carbons (Fsp3) is 0.667. The Morgan fingerprint density at radius 1 is 1.32 bits per heavy atom. The zero-order chi connectivity index (χ0) is 13.5. The van der Waals surface area contributed by atoms with Gasteiger partial charge in [0, 0.05) is 58.2 Å². The lowest BCUT2D eigenvalue weighted by atomic mass is 10.1. The predicted octanol–water partition coefficient (Wildman–Crippen LogP) is 1.05. The van der Waals surface area contributed by atoms with Gasteiger partial charge in [0.05, 0.1) is 0 Å². The molecule has 1 aromatic heterocycles. The summed E-state index contributed by atoms with van der Waals surface area (Å²) in [6.45, 7) is 10.4. The monoisotopic (exact) mass is 262 g/mol. The Hall–Kier alpha value is -0.970. The third-order valence-electron chi connectivity index (χ3n) is 3.60. The maximum absolute atomic E-state index is 4.06. The lowest BCUT2D eigenvalue weighted by molar-refractivity contribution is 0.181. The zero-order valence-corrected chi connectivity index (χ0v) is 12.2. The maximum Gasteiger partial charge on any atom is 0.0271 e. The third-order valence-corrected chi connectivity index (χ3v) is 3.60. The number of piperazine rings is 1. The van der Waals surface area contributed by atoms with Gasteiger partial charge in [0.1, 0.15) is 0 Å². The molecule has 0 bridgehead atoms. The van der Waals surface area contributed by atoms with Gasteiger partial charge in [0.15, 0.2) is 0 Å². The van der Waals surface area contributed by atoms with E-state index in [4.69, 9.17) is 0 Å². The Bertz CT molecular complexity index is 348. The minimum atomic E-state index is 0.713. The average Bonchev–Trinajstić information content (AvgIpc) is 2.40. The van der Waals surface area contributed by atoms with Crippen molar-refractivity contribution >= 4 is 0 Å². The van der Waals surface area contributed by atoms with Crippen molar-refractivity contribution in [2.45, 2.75) is 13.5 Å². The van der Waals surface area contributed by atoms with Gasteiger partial charge in [-0.15, -0.1) is 0 Å². The van der Waals surface area contributed by atoms with Crippen LogP contribution in [-0.4, -0.2) is 61.1 Å². The average molecular weight is 262 g/mol. The Morgan fingerprint density at radius 3 is 2.68 bits per heavy atom. The Morgan fingerprint density at radius 2 is 2.00 bits per heavy atom. The van der Waals surface area contributed by atoms with Crippen LogP contribution in [0.3, 0.4) is 0 Å². The molecule has 2 heterocycles. The standard InChI is InChI=1S/C15H26N4/c1-14(12-19-9-7-17-8-10-19)11-18(2)13-15-3-5-16-6-4-15/h3-6,14,17H,7-13H2,1-2H3. The van der Waals surface area contributed by atoms with Gasteiger partial charge < -0.3 is 15.1 Å². The molecule has 1 unspecified atom stereocenters. The van der Waals surface area contributed by atoms with Crippen LogP contribution in [0.4, 0.5) is 0 Å². The number of hydrogen-bond donors (Lipinski definition) is 1. The molecule has 1 fully saturated rings. The van der Waals surface area contributed by atoms with E-state index in [0.29, 0.717) is 5.92 Å². The first-order valence-electron chi connectivity index (χ1n) is 7.24. The van der Waals surface area contributed by atoms with Crippen molar-refractivity contribution in [2.75, 3.05) is 46.3 Å². The molecule has 2 rings (SSSR count). The van der Waals surface area contributed by atoms with E-state index in [2.05, 4.69) is 46.2 Å². The molecule has 0 radical (unpaired) electrons. The fourth-order valence-corrected chi connectivity index (χ4v) is 2.79. The van der Waals surface area contributed by atoms with Crippen molar-refractivity contribution in [3.8, 4) is 0 Å². The van der Waals surface area contributed by atoms with Crippen LogP contribution in [0.2, 0.25) is 0 Å². The second kappa shape index (κ2) is 7.58. The molecular weight excluding hydrogens is 236 g/mol. The molecule has 0 saturated carbocycles. The van der Waals surface area contributed by atoms with Crippen LogP contribution >= 0.6 is 0 Å². The Labute approximate surface area is 116 Å². The van der Waals surface area contributed by atoms with Crippen LogP contribution in [-0.2, 0) is 6.54 Å². The molecule has 1 aromatic rings. The molecule has 1 aliphatic rings. The van der Waals surface area contributed by atoms with Gasteiger partial charge in [-0.05, 0) is 30.7 Å². The number of hydrogen-bond acceptors (Lipinski definition) is 4. The van der Waals surface area contributed by atoms with Crippen LogP contribution in [0.25, 0.3) is 0 Å². The SMILES string of the molecule is CC(CN(C)Cc1ccncc1)CN1CCNCC1. The van der Waals surface area contributed by atoms with E-state index < -0.39 is 0 Å². The highest BCUT2D eigenvalue weighted by Gasteiger charge is 2.14. The molecule has 0 amide bonds. The molecule has 4 heteroatoms. The molecular formula is C15H26N4. The number of nitrogens with one attached hydrogen (secondary N) is 1. The first-order chi connectivity index (χ1) is 9.24. The van der Waals surface area contributed by atoms with Gasteiger partial charge in [-0.2, -0.15) is 0 Å². The van der Waals surface area contributed by atoms with E-state index >= 15 is 0 Å². The van der Waals surface area contributed by atoms with Crippen LogP contribution < -0.4 is 5.32 Å². The first kappa shape index (κ1) is 14.4. The van der Waals surface area contributed by atoms with Crippen molar-refractivity contribution in [1.82, 2.24) is 20.1 Å². The summed E-state index contributed by atoms with van der Waals surface area (Å²) in [4.78, 5) is 9.04. The molecule has 106 valence electrons. The van der Waals surface area contributed by atoms with Gasteiger partial charge in [-0.1, -0.05) is 6.92 Å². The normalized spacial score (nSPS) is 18.7. The highest BCUT2D eigenvalue weighted by molar-refractivity contribution is 5.09. The number of aromatic nitrogens is 1. The van der Waals surface area contributed by atoms with E-state index in [1.54, 1.807) is 0 Å². The second-order valence-corrected chi connectivity index (χ2v) is 5.71. The summed E-state index contributed by atoms with van der Waals surface area (Å²) in [6.07, 6.45) is 3.74. The Kier molecular flexibility index (Phi) is 5.76. The maximum atomic E-state index is 4.06. The molecule has 0 aliphatic carbocycles. The quantitative estimate of drug-likeness (QED) is 0.830. The van der Waals surface area contributed by atoms with Gasteiger partial charge in [0.25, 0.3) is 0 Å². The number of rotatable bonds is 6. The summed E-state index contributed by atoms with van der Waals surface area (Å²) in [7, 11) is 2.20. The summed E-state index contributed by atoms with van der Waals surface area (Å²) >= 11 is 0. The van der Waals surface area contributed by atoms with Gasteiger partial charge >= 0.3 is 0 Å². The molecule has 0 spiro atoms. The van der Waals surface area contributed by atoms with Gasteiger partial charge in [-0.3, -0.25) is 4.98 Å². The molecule has 0 aromatic carbocycles. The van der Waals surface area contributed by atoms with Gasteiger partial charge in [-0.25, -0.2) is 0 Å². The predicted molar refractivity (Wildman–Crippen MR) is 79.0 cm³/mol. The van der Waals surface area contributed by atoms with E-state index in [9.17, 15) is 0 Å². The minimum Gasteiger partial charge on any atom is -0.314 e. The lowest BCUT2D eigenvalue weighted by Gasteiger charge is -2.31. The van der Waals surface area contributed by atoms with Crippen LogP contribution in [0.5, 0.6) is 0 Å². The lowest BCUT2D eigenvalue weighted by Crippen LogP contribution is -2.46. The molecule has 1 N–H and O–H groups in total. The summed E-state index contributed by atoms with van der Waals surface area (Å²) in [6, 6.07) is 4.19. The summed E-state index contributed by atoms with van der Waals surface area (Å²) < 4.78 is 0. The molecule has 1 saturated heterocycles. The summed E-state index contributed by atoms with van der Waals surface area (Å²) in [5.74, 6) is 0.713. The topological polar surface area (TPSA) is 31.4 Å². The van der Waals surface area contributed by atoms with Crippen molar-refractivity contribution in [2.24, 2.45) is 5.92 Å².